The maximum absolute atomic E-state index is 12.6. The van der Waals surface area contributed by atoms with Gasteiger partial charge in [-0.3, -0.25) is 4.79 Å². The highest BCUT2D eigenvalue weighted by Crippen LogP contribution is 2.22. The summed E-state index contributed by atoms with van der Waals surface area (Å²) in [5.41, 5.74) is 1.98. The molecule has 2 saturated heterocycles. The van der Waals surface area contributed by atoms with E-state index in [1.807, 2.05) is 47.2 Å². The molecule has 0 saturated carbocycles. The van der Waals surface area contributed by atoms with Gasteiger partial charge in [-0.05, 0) is 50.3 Å². The highest BCUT2D eigenvalue weighted by Gasteiger charge is 2.30. The van der Waals surface area contributed by atoms with Crippen molar-refractivity contribution in [2.45, 2.75) is 39.2 Å². The molecular weight excluding hydrogens is 366 g/mol. The molecule has 7 heteroatoms. The molecule has 0 spiro atoms. The third kappa shape index (κ3) is 4.60. The fourth-order valence-corrected chi connectivity index (χ4v) is 4.15. The highest BCUT2D eigenvalue weighted by atomic mass is 16.2. The molecule has 1 N–H and O–H groups in total. The van der Waals surface area contributed by atoms with Crippen LogP contribution in [0.2, 0.25) is 0 Å². The van der Waals surface area contributed by atoms with Crippen LogP contribution in [0.4, 0.5) is 10.5 Å². The lowest BCUT2D eigenvalue weighted by Gasteiger charge is -2.34. The van der Waals surface area contributed by atoms with Crippen molar-refractivity contribution in [3.05, 3.63) is 48.0 Å². The van der Waals surface area contributed by atoms with E-state index in [0.717, 1.165) is 62.4 Å². The van der Waals surface area contributed by atoms with E-state index in [0.29, 0.717) is 13.1 Å². The van der Waals surface area contributed by atoms with Gasteiger partial charge in [0.25, 0.3) is 0 Å². The molecule has 4 rings (SSSR count). The summed E-state index contributed by atoms with van der Waals surface area (Å²) in [7, 11) is 0. The van der Waals surface area contributed by atoms with Crippen molar-refractivity contribution >= 4 is 17.6 Å². The quantitative estimate of drug-likeness (QED) is 0.865. The number of piperidine rings is 1. The van der Waals surface area contributed by atoms with E-state index in [1.165, 1.54) is 0 Å². The van der Waals surface area contributed by atoms with Crippen LogP contribution in [0.15, 0.2) is 36.7 Å². The first-order valence-electron chi connectivity index (χ1n) is 10.5. The minimum absolute atomic E-state index is 0.0362. The number of urea groups is 1. The topological polar surface area (TPSA) is 70.5 Å². The summed E-state index contributed by atoms with van der Waals surface area (Å²) in [4.78, 5) is 33.2. The number of carbonyl (C=O) groups is 2. The lowest BCUT2D eigenvalue weighted by Crippen LogP contribution is -2.47. The number of imidazole rings is 1. The van der Waals surface area contributed by atoms with Crippen molar-refractivity contribution in [3.63, 3.8) is 0 Å². The van der Waals surface area contributed by atoms with Gasteiger partial charge in [0.15, 0.2) is 0 Å². The molecule has 3 amide bonds. The Morgan fingerprint density at radius 1 is 1.03 bits per heavy atom. The van der Waals surface area contributed by atoms with E-state index in [1.54, 1.807) is 6.20 Å². The lowest BCUT2D eigenvalue weighted by atomic mass is 9.96. The molecule has 29 heavy (non-hydrogen) atoms. The summed E-state index contributed by atoms with van der Waals surface area (Å²) in [5.74, 6) is 0.999. The second-order valence-electron chi connectivity index (χ2n) is 8.03. The van der Waals surface area contributed by atoms with Crippen molar-refractivity contribution in [2.75, 3.05) is 31.5 Å². The number of aromatic nitrogens is 2. The van der Waals surface area contributed by atoms with Crippen LogP contribution in [0, 0.1) is 12.8 Å². The van der Waals surface area contributed by atoms with Crippen molar-refractivity contribution in [1.82, 2.24) is 19.4 Å². The van der Waals surface area contributed by atoms with Crippen LogP contribution in [-0.4, -0.2) is 57.5 Å². The van der Waals surface area contributed by atoms with Gasteiger partial charge < -0.3 is 19.7 Å². The van der Waals surface area contributed by atoms with E-state index in [2.05, 4.69) is 14.9 Å². The highest BCUT2D eigenvalue weighted by molar-refractivity contribution is 5.92. The van der Waals surface area contributed by atoms with E-state index in [-0.39, 0.29) is 17.9 Å². The van der Waals surface area contributed by atoms with Gasteiger partial charge in [-0.25, -0.2) is 9.78 Å². The van der Waals surface area contributed by atoms with Crippen LogP contribution in [0.3, 0.4) is 0 Å². The smallest absolute Gasteiger partial charge is 0.319 e. The summed E-state index contributed by atoms with van der Waals surface area (Å²) in [6.45, 7) is 5.82. The van der Waals surface area contributed by atoms with Crippen LogP contribution in [0.25, 0.3) is 0 Å². The zero-order chi connectivity index (χ0) is 20.2. The SMILES string of the molecule is Cc1nccn1Cc1ccc(NC(=O)C2CCN(C(=O)N3CCCC3)CC2)cc1. The third-order valence-electron chi connectivity index (χ3n) is 6.01. The first kappa shape index (κ1) is 19.5. The average molecular weight is 396 g/mol. The number of rotatable bonds is 4. The summed E-state index contributed by atoms with van der Waals surface area (Å²) >= 11 is 0. The second kappa shape index (κ2) is 8.68. The normalized spacial score (nSPS) is 17.6. The fraction of sp³-hybridized carbons (Fsp3) is 0.500. The van der Waals surface area contributed by atoms with Crippen molar-refractivity contribution in [2.24, 2.45) is 5.92 Å². The molecule has 2 aromatic rings. The number of aryl methyl sites for hydroxylation is 1. The molecule has 0 bridgehead atoms. The second-order valence-corrected chi connectivity index (χ2v) is 8.03. The number of nitrogens with zero attached hydrogens (tertiary/aromatic N) is 4. The molecule has 7 nitrogen and oxygen atoms in total. The Bertz CT molecular complexity index is 846. The molecular formula is C22H29N5O2. The standard InChI is InChI=1S/C22H29N5O2/c1-17-23-10-15-27(17)16-18-4-6-20(7-5-18)24-21(28)19-8-13-26(14-9-19)22(29)25-11-2-3-12-25/h4-7,10,15,19H,2-3,8-9,11-14,16H2,1H3,(H,24,28). The molecule has 3 heterocycles. The maximum atomic E-state index is 12.6. The van der Waals surface area contributed by atoms with Gasteiger partial charge in [0.1, 0.15) is 5.82 Å². The predicted octanol–water partition coefficient (Wildman–Crippen LogP) is 3.11. The number of hydrogen-bond donors (Lipinski definition) is 1. The van der Waals surface area contributed by atoms with Crippen molar-refractivity contribution < 1.29 is 9.59 Å². The van der Waals surface area contributed by atoms with E-state index in [9.17, 15) is 9.59 Å². The van der Waals surface area contributed by atoms with Gasteiger partial charge in [-0.2, -0.15) is 0 Å². The van der Waals surface area contributed by atoms with Gasteiger partial charge in [0.05, 0.1) is 0 Å². The van der Waals surface area contributed by atoms with Crippen LogP contribution in [0.1, 0.15) is 37.1 Å². The summed E-state index contributed by atoms with van der Waals surface area (Å²) in [6.07, 6.45) is 7.42. The van der Waals surface area contributed by atoms with Gasteiger partial charge in [0.2, 0.25) is 5.91 Å². The van der Waals surface area contributed by atoms with Gasteiger partial charge in [-0.15, -0.1) is 0 Å². The molecule has 0 atom stereocenters. The molecule has 2 aliphatic heterocycles. The summed E-state index contributed by atoms with van der Waals surface area (Å²) in [5, 5.41) is 3.04. The Balaban J connectivity index is 1.26. The molecule has 0 aliphatic carbocycles. The monoisotopic (exact) mass is 395 g/mol. The van der Waals surface area contributed by atoms with E-state index in [4.69, 9.17) is 0 Å². The molecule has 0 radical (unpaired) electrons. The number of benzene rings is 1. The Labute approximate surface area is 171 Å². The Kier molecular flexibility index (Phi) is 5.83. The molecule has 2 fully saturated rings. The van der Waals surface area contributed by atoms with Crippen molar-refractivity contribution in [1.29, 1.82) is 0 Å². The van der Waals surface area contributed by atoms with Gasteiger partial charge in [0, 0.05) is 56.7 Å². The van der Waals surface area contributed by atoms with Crippen LogP contribution in [-0.2, 0) is 11.3 Å². The Morgan fingerprint density at radius 2 is 1.69 bits per heavy atom. The van der Waals surface area contributed by atoms with Crippen molar-refractivity contribution in [3.8, 4) is 0 Å². The minimum atomic E-state index is -0.0362. The minimum Gasteiger partial charge on any atom is -0.331 e. The zero-order valence-corrected chi connectivity index (χ0v) is 17.0. The maximum Gasteiger partial charge on any atom is 0.319 e. The predicted molar refractivity (Wildman–Crippen MR) is 112 cm³/mol. The number of anilines is 1. The number of nitrogens with one attached hydrogen (secondary N) is 1. The molecule has 154 valence electrons. The number of carbonyl (C=O) groups excluding carboxylic acids is 2. The largest absolute Gasteiger partial charge is 0.331 e. The summed E-state index contributed by atoms with van der Waals surface area (Å²) < 4.78 is 2.09. The van der Waals surface area contributed by atoms with E-state index < -0.39 is 0 Å². The number of hydrogen-bond acceptors (Lipinski definition) is 3. The van der Waals surface area contributed by atoms with Crippen LogP contribution < -0.4 is 5.32 Å². The first-order chi connectivity index (χ1) is 14.1. The van der Waals surface area contributed by atoms with Crippen LogP contribution >= 0.6 is 0 Å². The molecule has 0 unspecified atom stereocenters. The Morgan fingerprint density at radius 3 is 2.31 bits per heavy atom. The molecule has 2 aliphatic rings. The summed E-state index contributed by atoms with van der Waals surface area (Å²) in [6, 6.07) is 8.11. The zero-order valence-electron chi connectivity index (χ0n) is 17.0. The molecule has 1 aromatic carbocycles. The van der Waals surface area contributed by atoms with Crippen LogP contribution in [0.5, 0.6) is 0 Å². The lowest BCUT2D eigenvalue weighted by molar-refractivity contribution is -0.121. The molecule has 1 aromatic heterocycles. The number of likely N-dealkylation sites (tertiary alicyclic amines) is 2. The number of amides is 3. The third-order valence-corrected chi connectivity index (χ3v) is 6.01. The first-order valence-corrected chi connectivity index (χ1v) is 10.5. The van der Waals surface area contributed by atoms with E-state index >= 15 is 0 Å². The average Bonchev–Trinajstić information content (AvgIpc) is 3.41. The Hall–Kier alpha value is -2.83. The fourth-order valence-electron chi connectivity index (χ4n) is 4.15. The van der Waals surface area contributed by atoms with Gasteiger partial charge >= 0.3 is 6.03 Å². The van der Waals surface area contributed by atoms with Gasteiger partial charge in [-0.1, -0.05) is 12.1 Å².